The lowest BCUT2D eigenvalue weighted by Crippen LogP contribution is -2.28. The number of para-hydroxylation sites is 2. The van der Waals surface area contributed by atoms with Gasteiger partial charge in [0, 0.05) is 11.1 Å². The molecule has 4 rings (SSSR count). The van der Waals surface area contributed by atoms with Crippen LogP contribution >= 0.6 is 0 Å². The average Bonchev–Trinajstić information content (AvgIpc) is 3.12. The molecule has 3 aromatic carbocycles. The summed E-state index contributed by atoms with van der Waals surface area (Å²) in [4.78, 5) is 25.8. The number of aromatic nitrogens is 2. The minimum Gasteiger partial charge on any atom is -0.392 e. The highest BCUT2D eigenvalue weighted by Crippen LogP contribution is 2.26. The quantitative estimate of drug-likeness (QED) is 0.297. The molecule has 0 aliphatic rings. The van der Waals surface area contributed by atoms with Gasteiger partial charge in [-0.3, -0.25) is 15.0 Å². The zero-order valence-corrected chi connectivity index (χ0v) is 21.6. The number of nitrogens with zero attached hydrogens (tertiary/aromatic N) is 2. The highest BCUT2D eigenvalue weighted by atomic mass is 16.3. The normalized spacial score (nSPS) is 11.7. The van der Waals surface area contributed by atoms with E-state index in [1.807, 2.05) is 59.2 Å². The number of hydrogen-bond donors (Lipinski definition) is 3. The van der Waals surface area contributed by atoms with E-state index in [4.69, 9.17) is 11.1 Å². The fourth-order valence-corrected chi connectivity index (χ4v) is 4.65. The van der Waals surface area contributed by atoms with Crippen molar-refractivity contribution in [2.24, 2.45) is 11.1 Å². The molecule has 0 aliphatic heterocycles. The van der Waals surface area contributed by atoms with Gasteiger partial charge in [0.05, 0.1) is 30.7 Å². The number of hydrogen-bond acceptors (Lipinski definition) is 4. The predicted octanol–water partition coefficient (Wildman–Crippen LogP) is 4.42. The second kappa shape index (κ2) is 10.6. The molecule has 0 aliphatic carbocycles. The molecule has 0 bridgehead atoms. The number of carbonyl (C=O) groups is 2. The van der Waals surface area contributed by atoms with Crippen molar-refractivity contribution in [3.8, 4) is 0 Å². The Hall–Kier alpha value is -3.97. The van der Waals surface area contributed by atoms with Crippen LogP contribution in [0.4, 0.5) is 0 Å². The summed E-state index contributed by atoms with van der Waals surface area (Å²) in [5.41, 5.74) is 10.3. The van der Waals surface area contributed by atoms with E-state index in [0.29, 0.717) is 24.1 Å². The van der Waals surface area contributed by atoms with Crippen LogP contribution < -0.4 is 11.4 Å². The maximum Gasteiger partial charge on any atom is 0.249 e. The van der Waals surface area contributed by atoms with Gasteiger partial charge in [-0.05, 0) is 59.2 Å². The number of aryl methyl sites for hydroxylation is 1. The zero-order chi connectivity index (χ0) is 26.7. The first-order valence-electron chi connectivity index (χ1n) is 12.5. The predicted molar refractivity (Wildman–Crippen MR) is 144 cm³/mol. The first-order chi connectivity index (χ1) is 17.6. The molecule has 4 aromatic rings. The highest BCUT2D eigenvalue weighted by molar-refractivity contribution is 6.01. The number of Topliss-reactive ketones (excluding diaryl/α,β-unsaturated/α-hetero) is 1. The molecule has 7 heteroatoms. The molecule has 1 aromatic heterocycles. The van der Waals surface area contributed by atoms with E-state index in [0.717, 1.165) is 28.6 Å². The number of amides is 1. The maximum absolute atomic E-state index is 13.6. The molecule has 0 unspecified atom stereocenters. The Morgan fingerprint density at radius 1 is 0.946 bits per heavy atom. The molecule has 1 heterocycles. The molecule has 0 atom stereocenters. The lowest BCUT2D eigenvalue weighted by molar-refractivity contribution is 0.0971. The fraction of sp³-hybridized carbons (Fsp3) is 0.300. The first-order valence-corrected chi connectivity index (χ1v) is 12.5. The molecule has 0 fully saturated rings. The van der Waals surface area contributed by atoms with Gasteiger partial charge in [0.15, 0.2) is 5.78 Å². The number of nitrogens with one attached hydrogen (secondary N) is 1. The van der Waals surface area contributed by atoms with Gasteiger partial charge in [0.25, 0.3) is 0 Å². The molecule has 4 N–H and O–H groups in total. The van der Waals surface area contributed by atoms with Gasteiger partial charge in [-0.1, -0.05) is 63.2 Å². The van der Waals surface area contributed by atoms with Crippen LogP contribution in [-0.4, -0.2) is 25.9 Å². The van der Waals surface area contributed by atoms with Crippen LogP contribution in [0.2, 0.25) is 0 Å². The molecular weight excluding hydrogens is 464 g/mol. The molecule has 0 spiro atoms. The number of carbonyl (C=O) groups excluding carboxylic acids is 2. The Morgan fingerprint density at radius 3 is 2.16 bits per heavy atom. The Bertz CT molecular complexity index is 1510. The number of primary amides is 1. The van der Waals surface area contributed by atoms with E-state index in [9.17, 15) is 14.7 Å². The molecular formula is C30H34N4O3. The molecule has 37 heavy (non-hydrogen) atoms. The van der Waals surface area contributed by atoms with E-state index in [1.165, 1.54) is 6.07 Å². The summed E-state index contributed by atoms with van der Waals surface area (Å²) in [5, 5.41) is 18.9. The molecule has 7 nitrogen and oxygen atoms in total. The van der Waals surface area contributed by atoms with Crippen molar-refractivity contribution in [2.75, 3.05) is 0 Å². The fourth-order valence-electron chi connectivity index (χ4n) is 4.65. The SMILES string of the molecule is CC(C)(C)CCc1cc(C(=O)Cn2c(=N)n(Cc3ccccc3)c3ccccc32)cc(C(N)=O)c1CO. The number of aliphatic hydroxyl groups excluding tert-OH is 1. The molecule has 0 saturated carbocycles. The molecule has 0 saturated heterocycles. The van der Waals surface area contributed by atoms with E-state index in [2.05, 4.69) is 20.8 Å². The third-order valence-corrected chi connectivity index (χ3v) is 6.69. The third-order valence-electron chi connectivity index (χ3n) is 6.69. The van der Waals surface area contributed by atoms with Crippen molar-refractivity contribution in [3.63, 3.8) is 0 Å². The van der Waals surface area contributed by atoms with Gasteiger partial charge in [0.2, 0.25) is 11.5 Å². The monoisotopic (exact) mass is 498 g/mol. The van der Waals surface area contributed by atoms with Crippen LogP contribution in [0.1, 0.15) is 64.6 Å². The van der Waals surface area contributed by atoms with Crippen LogP contribution in [0.3, 0.4) is 0 Å². The van der Waals surface area contributed by atoms with E-state index in [-0.39, 0.29) is 35.5 Å². The summed E-state index contributed by atoms with van der Waals surface area (Å²) in [5.74, 6) is -0.908. The smallest absolute Gasteiger partial charge is 0.249 e. The first kappa shape index (κ1) is 26.1. The average molecular weight is 499 g/mol. The number of benzene rings is 3. The van der Waals surface area contributed by atoms with Crippen molar-refractivity contribution in [1.82, 2.24) is 9.13 Å². The Morgan fingerprint density at radius 2 is 1.57 bits per heavy atom. The van der Waals surface area contributed by atoms with Crippen LogP contribution in [0.25, 0.3) is 11.0 Å². The summed E-state index contributed by atoms with van der Waals surface area (Å²) < 4.78 is 3.58. The minimum atomic E-state index is -0.677. The molecule has 1 amide bonds. The summed E-state index contributed by atoms with van der Waals surface area (Å²) in [7, 11) is 0. The number of imidazole rings is 1. The topological polar surface area (TPSA) is 114 Å². The minimum absolute atomic E-state index is 0.0379. The second-order valence-electron chi connectivity index (χ2n) is 10.6. The van der Waals surface area contributed by atoms with Gasteiger partial charge in [-0.2, -0.15) is 0 Å². The van der Waals surface area contributed by atoms with Gasteiger partial charge in [0.1, 0.15) is 0 Å². The largest absolute Gasteiger partial charge is 0.392 e. The lowest BCUT2D eigenvalue weighted by Gasteiger charge is -2.20. The van der Waals surface area contributed by atoms with Crippen molar-refractivity contribution >= 4 is 22.7 Å². The van der Waals surface area contributed by atoms with Gasteiger partial charge >= 0.3 is 0 Å². The summed E-state index contributed by atoms with van der Waals surface area (Å²) in [6.07, 6.45) is 1.42. The van der Waals surface area contributed by atoms with E-state index in [1.54, 1.807) is 10.6 Å². The van der Waals surface area contributed by atoms with E-state index < -0.39 is 5.91 Å². The van der Waals surface area contributed by atoms with Crippen LogP contribution in [-0.2, 0) is 26.1 Å². The van der Waals surface area contributed by atoms with Crippen molar-refractivity contribution in [1.29, 1.82) is 5.41 Å². The maximum atomic E-state index is 13.6. The number of ketones is 1. The standard InChI is InChI=1S/C30H34N4O3/c1-30(2,3)14-13-21-15-22(16-23(28(31)37)24(21)19-35)27(36)18-34-26-12-8-7-11-25(26)33(29(34)32)17-20-9-5-4-6-10-20/h4-12,15-16,32,35H,13-14,17-19H2,1-3H3,(H2,31,37). The zero-order valence-electron chi connectivity index (χ0n) is 21.6. The van der Waals surface area contributed by atoms with Crippen LogP contribution in [0.5, 0.6) is 0 Å². The van der Waals surface area contributed by atoms with Crippen LogP contribution in [0.15, 0.2) is 66.7 Å². The van der Waals surface area contributed by atoms with Gasteiger partial charge < -0.3 is 20.0 Å². The third kappa shape index (κ3) is 5.73. The van der Waals surface area contributed by atoms with Gasteiger partial charge in [-0.25, -0.2) is 0 Å². The van der Waals surface area contributed by atoms with Crippen LogP contribution in [0, 0.1) is 10.8 Å². The molecule has 192 valence electrons. The lowest BCUT2D eigenvalue weighted by atomic mass is 9.85. The van der Waals surface area contributed by atoms with Crippen molar-refractivity contribution < 1.29 is 14.7 Å². The summed E-state index contributed by atoms with van der Waals surface area (Å²) in [6, 6.07) is 20.8. The highest BCUT2D eigenvalue weighted by Gasteiger charge is 2.21. The van der Waals surface area contributed by atoms with Gasteiger partial charge in [-0.15, -0.1) is 0 Å². The number of aliphatic hydroxyl groups is 1. The summed E-state index contributed by atoms with van der Waals surface area (Å²) in [6.45, 7) is 6.48. The van der Waals surface area contributed by atoms with Crippen molar-refractivity contribution in [2.45, 2.75) is 53.3 Å². The Balaban J connectivity index is 1.74. The number of nitrogens with two attached hydrogens (primary N) is 1. The molecule has 0 radical (unpaired) electrons. The van der Waals surface area contributed by atoms with E-state index >= 15 is 0 Å². The number of rotatable bonds is 9. The Kier molecular flexibility index (Phi) is 7.45. The Labute approximate surface area is 216 Å². The number of fused-ring (bicyclic) bond motifs is 1. The second-order valence-corrected chi connectivity index (χ2v) is 10.6. The summed E-state index contributed by atoms with van der Waals surface area (Å²) >= 11 is 0. The van der Waals surface area contributed by atoms with Crippen molar-refractivity contribution in [3.05, 3.63) is 100 Å².